The monoisotopic (exact) mass is 748 g/mol. The van der Waals surface area contributed by atoms with Gasteiger partial charge in [0.15, 0.2) is 0 Å². The Balaban J connectivity index is 0.907. The third-order valence-electron chi connectivity index (χ3n) is 10.5. The predicted molar refractivity (Wildman–Crippen MR) is 250 cm³/mol. The van der Waals surface area contributed by atoms with Gasteiger partial charge in [-0.25, -0.2) is 0 Å². The van der Waals surface area contributed by atoms with E-state index in [1.165, 1.54) is 44.5 Å². The maximum absolute atomic E-state index is 3.37. The van der Waals surface area contributed by atoms with E-state index in [4.69, 9.17) is 0 Å². The first-order valence-electron chi connectivity index (χ1n) is 20.2. The molecule has 0 amide bonds. The summed E-state index contributed by atoms with van der Waals surface area (Å²) in [5.74, 6) is 0.596. The Bertz CT molecular complexity index is 2560. The minimum Gasteiger partial charge on any atom is -0.362 e. The van der Waals surface area contributed by atoms with Gasteiger partial charge in [0.25, 0.3) is 0 Å². The lowest BCUT2D eigenvalue weighted by Gasteiger charge is -2.26. The Morgan fingerprint density at radius 1 is 0.517 bits per heavy atom. The highest BCUT2D eigenvalue weighted by atomic mass is 15.1. The molecule has 7 aromatic carbocycles. The van der Waals surface area contributed by atoms with Gasteiger partial charge in [-0.1, -0.05) is 177 Å². The Labute approximate surface area is 344 Å². The first-order chi connectivity index (χ1) is 28.6. The van der Waals surface area contributed by atoms with Crippen molar-refractivity contribution in [3.63, 3.8) is 0 Å². The van der Waals surface area contributed by atoms with Crippen molar-refractivity contribution >= 4 is 34.4 Å². The largest absolute Gasteiger partial charge is 0.362 e. The molecule has 0 spiro atoms. The van der Waals surface area contributed by atoms with Crippen molar-refractivity contribution in [2.45, 2.75) is 19.8 Å². The van der Waals surface area contributed by atoms with Crippen LogP contribution >= 0.6 is 0 Å². The first-order valence-corrected chi connectivity index (χ1v) is 20.2. The van der Waals surface area contributed by atoms with E-state index in [-0.39, 0.29) is 0 Å². The zero-order valence-electron chi connectivity index (χ0n) is 33.0. The lowest BCUT2D eigenvalue weighted by Crippen LogP contribution is -2.10. The molecule has 1 N–H and O–H groups in total. The summed E-state index contributed by atoms with van der Waals surface area (Å²) in [6, 6.07) is 65.2. The second-order valence-corrected chi connectivity index (χ2v) is 14.8. The van der Waals surface area contributed by atoms with Gasteiger partial charge in [0.1, 0.15) is 0 Å². The van der Waals surface area contributed by atoms with Crippen molar-refractivity contribution in [1.82, 2.24) is 0 Å². The van der Waals surface area contributed by atoms with Gasteiger partial charge < -0.3 is 10.2 Å². The fourth-order valence-corrected chi connectivity index (χ4v) is 7.41. The molecule has 0 saturated carbocycles. The van der Waals surface area contributed by atoms with Gasteiger partial charge >= 0.3 is 0 Å². The van der Waals surface area contributed by atoms with Crippen LogP contribution in [0.3, 0.4) is 0 Å². The summed E-state index contributed by atoms with van der Waals surface area (Å²) in [5, 5.41) is 3.37. The summed E-state index contributed by atoms with van der Waals surface area (Å²) in [7, 11) is 0. The van der Waals surface area contributed by atoms with E-state index in [2.05, 4.69) is 236 Å². The Hall–Kier alpha value is -7.16. The van der Waals surface area contributed by atoms with Crippen LogP contribution in [0.2, 0.25) is 0 Å². The van der Waals surface area contributed by atoms with Crippen molar-refractivity contribution in [3.8, 4) is 22.3 Å². The molecule has 8 rings (SSSR count). The molecular weight excluding hydrogens is 701 g/mol. The van der Waals surface area contributed by atoms with Crippen LogP contribution in [0.25, 0.3) is 33.9 Å². The normalized spacial score (nSPS) is 13.9. The van der Waals surface area contributed by atoms with Crippen LogP contribution in [-0.4, -0.2) is 0 Å². The zero-order chi connectivity index (χ0) is 39.4. The molecule has 2 nitrogen and oxygen atoms in total. The Morgan fingerprint density at radius 3 is 1.84 bits per heavy atom. The quantitative estimate of drug-likeness (QED) is 0.118. The highest BCUT2D eigenvalue weighted by molar-refractivity contribution is 5.81. The molecule has 1 aliphatic rings. The molecule has 0 bridgehead atoms. The molecule has 1 unspecified atom stereocenters. The highest BCUT2D eigenvalue weighted by Gasteiger charge is 2.14. The number of anilines is 4. The van der Waals surface area contributed by atoms with E-state index in [9.17, 15) is 0 Å². The minimum atomic E-state index is 0.596. The molecular formula is C56H48N2. The lowest BCUT2D eigenvalue weighted by molar-refractivity contribution is 0.740. The number of nitrogens with one attached hydrogen (secondary N) is 1. The van der Waals surface area contributed by atoms with E-state index in [0.29, 0.717) is 5.92 Å². The minimum absolute atomic E-state index is 0.596. The highest BCUT2D eigenvalue weighted by Crippen LogP contribution is 2.37. The number of para-hydroxylation sites is 1. The number of allylic oxidation sites excluding steroid dienone is 8. The molecule has 0 aromatic heterocycles. The predicted octanol–water partition coefficient (Wildman–Crippen LogP) is 15.3. The first kappa shape index (κ1) is 37.7. The summed E-state index contributed by atoms with van der Waals surface area (Å²) in [4.78, 5) is 2.33. The van der Waals surface area contributed by atoms with Crippen LogP contribution < -0.4 is 10.2 Å². The smallest absolute Gasteiger partial charge is 0.0467 e. The fraction of sp³-hybridized carbons (Fsp3) is 0.0714. The van der Waals surface area contributed by atoms with Crippen LogP contribution in [0.15, 0.2) is 231 Å². The average Bonchev–Trinajstić information content (AvgIpc) is 3.28. The standard InChI is InChI=1S/C56H48N2/c1-43-15-12-20-50(39-43)49-32-34-53(35-33-49)57-38-11-3-2-6-18-45-19-13-21-51(41-45)47-28-30-48(31-29-47)52-22-14-25-56(42-52)58(54-23-9-5-10-24-54)55-36-26-46(27-37-55)40-44-16-7-4-8-17-44/h2-14,16-39,41-43,57H,15,40H2,1H3/b3-2-,18-6-,38-11+. The lowest BCUT2D eigenvalue weighted by atomic mass is 9.93. The third kappa shape index (κ3) is 9.79. The average molecular weight is 749 g/mol. The maximum Gasteiger partial charge on any atom is 0.0467 e. The zero-order valence-corrected chi connectivity index (χ0v) is 33.0. The van der Waals surface area contributed by atoms with Gasteiger partial charge in [0.2, 0.25) is 0 Å². The molecule has 282 valence electrons. The Kier molecular flexibility index (Phi) is 12.1. The van der Waals surface area contributed by atoms with Gasteiger partial charge in [0.05, 0.1) is 0 Å². The molecule has 58 heavy (non-hydrogen) atoms. The summed E-state index contributed by atoms with van der Waals surface area (Å²) in [6.45, 7) is 2.26. The van der Waals surface area contributed by atoms with Gasteiger partial charge in [-0.3, -0.25) is 0 Å². The van der Waals surface area contributed by atoms with Crippen molar-refractivity contribution in [2.75, 3.05) is 10.2 Å². The number of benzene rings is 7. The number of rotatable bonds is 13. The van der Waals surface area contributed by atoms with Gasteiger partial charge in [-0.05, 0) is 130 Å². The summed E-state index contributed by atoms with van der Waals surface area (Å²) in [5.41, 5.74) is 15.5. The number of hydrogen-bond donors (Lipinski definition) is 1. The van der Waals surface area contributed by atoms with Gasteiger partial charge in [-0.2, -0.15) is 0 Å². The number of hydrogen-bond acceptors (Lipinski definition) is 2. The molecule has 0 fully saturated rings. The summed E-state index contributed by atoms with van der Waals surface area (Å²) in [6.07, 6.45) is 21.2. The van der Waals surface area contributed by atoms with E-state index < -0.39 is 0 Å². The van der Waals surface area contributed by atoms with Crippen LogP contribution in [0, 0.1) is 5.92 Å². The van der Waals surface area contributed by atoms with E-state index in [1.807, 2.05) is 18.4 Å². The molecule has 0 heterocycles. The van der Waals surface area contributed by atoms with Crippen LogP contribution in [-0.2, 0) is 6.42 Å². The topological polar surface area (TPSA) is 15.3 Å². The maximum atomic E-state index is 3.37. The van der Waals surface area contributed by atoms with E-state index >= 15 is 0 Å². The van der Waals surface area contributed by atoms with Crippen LogP contribution in [0.1, 0.15) is 35.6 Å². The van der Waals surface area contributed by atoms with Crippen molar-refractivity contribution in [3.05, 3.63) is 253 Å². The van der Waals surface area contributed by atoms with Crippen molar-refractivity contribution in [1.29, 1.82) is 0 Å². The third-order valence-corrected chi connectivity index (χ3v) is 10.5. The van der Waals surface area contributed by atoms with Gasteiger partial charge in [0, 0.05) is 28.9 Å². The Morgan fingerprint density at radius 2 is 1.12 bits per heavy atom. The van der Waals surface area contributed by atoms with E-state index in [0.717, 1.165) is 41.2 Å². The molecule has 0 saturated heterocycles. The summed E-state index contributed by atoms with van der Waals surface area (Å²) >= 11 is 0. The SMILES string of the molecule is CC1C=C(c2ccc(N/C=C/C=C\C=C/c3cccc(-c4ccc(-c5cccc(N(c6ccccc6)c6ccc(Cc7ccccc7)cc6)c5)cc4)c3)cc2)C=CC1. The number of nitrogens with zero attached hydrogens (tertiary/aromatic N) is 1. The van der Waals surface area contributed by atoms with Crippen molar-refractivity contribution in [2.24, 2.45) is 5.92 Å². The fourth-order valence-electron chi connectivity index (χ4n) is 7.41. The molecule has 1 atom stereocenters. The molecule has 0 aliphatic heterocycles. The van der Waals surface area contributed by atoms with Gasteiger partial charge in [-0.15, -0.1) is 0 Å². The molecule has 2 heteroatoms. The second kappa shape index (κ2) is 18.7. The van der Waals surface area contributed by atoms with Crippen LogP contribution in [0.4, 0.5) is 22.7 Å². The van der Waals surface area contributed by atoms with Crippen LogP contribution in [0.5, 0.6) is 0 Å². The summed E-state index contributed by atoms with van der Waals surface area (Å²) < 4.78 is 0. The molecule has 7 aromatic rings. The second-order valence-electron chi connectivity index (χ2n) is 14.8. The van der Waals surface area contributed by atoms with E-state index in [1.54, 1.807) is 0 Å². The van der Waals surface area contributed by atoms with Crippen molar-refractivity contribution < 1.29 is 0 Å². The molecule has 0 radical (unpaired) electrons. The molecule has 1 aliphatic carbocycles.